The van der Waals surface area contributed by atoms with E-state index in [1.165, 1.54) is 12.5 Å². The van der Waals surface area contributed by atoms with Crippen LogP contribution in [-0.4, -0.2) is 12.6 Å². The van der Waals surface area contributed by atoms with Gasteiger partial charge in [0.1, 0.15) is 5.82 Å². The third kappa shape index (κ3) is 5.96. The number of halogens is 2. The summed E-state index contributed by atoms with van der Waals surface area (Å²) in [5.41, 5.74) is 1.06. The van der Waals surface area contributed by atoms with Crippen molar-refractivity contribution >= 4 is 15.9 Å². The molecule has 1 N–H and O–H groups in total. The maximum absolute atomic E-state index is 13.3. The molecule has 0 aliphatic heterocycles. The van der Waals surface area contributed by atoms with Gasteiger partial charge >= 0.3 is 0 Å². The molecule has 0 aliphatic rings. The van der Waals surface area contributed by atoms with Crippen molar-refractivity contribution in [1.29, 1.82) is 0 Å². The largest absolute Gasteiger partial charge is 0.314 e. The van der Waals surface area contributed by atoms with Crippen molar-refractivity contribution in [2.75, 3.05) is 6.54 Å². The zero-order valence-corrected chi connectivity index (χ0v) is 13.1. The first-order valence-electron chi connectivity index (χ1n) is 6.69. The summed E-state index contributed by atoms with van der Waals surface area (Å²) in [4.78, 5) is 0. The number of aryl methyl sites for hydroxylation is 1. The lowest BCUT2D eigenvalue weighted by Gasteiger charge is -2.20. The van der Waals surface area contributed by atoms with Gasteiger partial charge in [-0.3, -0.25) is 0 Å². The molecular weight excluding hydrogens is 293 g/mol. The van der Waals surface area contributed by atoms with Gasteiger partial charge in [0.2, 0.25) is 0 Å². The van der Waals surface area contributed by atoms with E-state index < -0.39 is 0 Å². The first kappa shape index (κ1) is 15.6. The minimum absolute atomic E-state index is 0.164. The zero-order valence-electron chi connectivity index (χ0n) is 11.5. The summed E-state index contributed by atoms with van der Waals surface area (Å²) in [6, 6.07) is 5.65. The maximum atomic E-state index is 13.3. The van der Waals surface area contributed by atoms with Crippen molar-refractivity contribution in [3.63, 3.8) is 0 Å². The summed E-state index contributed by atoms with van der Waals surface area (Å²) in [5, 5.41) is 3.51. The molecule has 0 heterocycles. The van der Waals surface area contributed by atoms with Crippen LogP contribution >= 0.6 is 15.9 Å². The fourth-order valence-corrected chi connectivity index (χ4v) is 2.77. The molecule has 1 nitrogen and oxygen atoms in total. The van der Waals surface area contributed by atoms with E-state index in [2.05, 4.69) is 42.0 Å². The summed E-state index contributed by atoms with van der Waals surface area (Å²) in [6.45, 7) is 7.60. The Kier molecular flexibility index (Phi) is 6.87. The number of benzene rings is 1. The van der Waals surface area contributed by atoms with Gasteiger partial charge in [-0.2, -0.15) is 0 Å². The van der Waals surface area contributed by atoms with Gasteiger partial charge in [0.15, 0.2) is 0 Å². The fourth-order valence-electron chi connectivity index (χ4n) is 2.26. The molecule has 0 aromatic heterocycles. The molecule has 0 saturated carbocycles. The summed E-state index contributed by atoms with van der Waals surface area (Å²) < 4.78 is 14.1. The molecule has 18 heavy (non-hydrogen) atoms. The van der Waals surface area contributed by atoms with Gasteiger partial charge in [0, 0.05) is 10.5 Å². The van der Waals surface area contributed by atoms with E-state index in [9.17, 15) is 4.39 Å². The maximum Gasteiger partial charge on any atom is 0.124 e. The van der Waals surface area contributed by atoms with E-state index in [1.54, 1.807) is 6.07 Å². The Hall–Kier alpha value is -0.410. The van der Waals surface area contributed by atoms with Gasteiger partial charge in [-0.15, -0.1) is 0 Å². The zero-order chi connectivity index (χ0) is 13.5. The minimum Gasteiger partial charge on any atom is -0.314 e. The molecule has 0 bridgehead atoms. The lowest BCUT2D eigenvalue weighted by atomic mass is 9.97. The molecule has 1 aromatic rings. The van der Waals surface area contributed by atoms with E-state index >= 15 is 0 Å². The van der Waals surface area contributed by atoms with Crippen molar-refractivity contribution in [2.24, 2.45) is 5.92 Å². The molecule has 1 aromatic carbocycles. The quantitative estimate of drug-likeness (QED) is 0.778. The Labute approximate surface area is 118 Å². The van der Waals surface area contributed by atoms with Gasteiger partial charge in [-0.1, -0.05) is 36.7 Å². The molecule has 0 radical (unpaired) electrons. The second kappa shape index (κ2) is 7.90. The molecule has 3 heteroatoms. The van der Waals surface area contributed by atoms with E-state index in [4.69, 9.17) is 0 Å². The van der Waals surface area contributed by atoms with Crippen molar-refractivity contribution in [1.82, 2.24) is 5.32 Å². The van der Waals surface area contributed by atoms with Crippen molar-refractivity contribution in [2.45, 2.75) is 46.1 Å². The van der Waals surface area contributed by atoms with E-state index in [-0.39, 0.29) is 5.82 Å². The molecule has 1 atom stereocenters. The van der Waals surface area contributed by atoms with Gasteiger partial charge in [0.25, 0.3) is 0 Å². The van der Waals surface area contributed by atoms with Crippen LogP contribution in [0.5, 0.6) is 0 Å². The Balaban J connectivity index is 2.54. The summed E-state index contributed by atoms with van der Waals surface area (Å²) in [5.74, 6) is 0.525. The SMILES string of the molecule is CCNC(CCc1cc(F)cc(Br)c1)CC(C)C. The Morgan fingerprint density at radius 3 is 2.56 bits per heavy atom. The van der Waals surface area contributed by atoms with Gasteiger partial charge in [-0.25, -0.2) is 4.39 Å². The molecule has 0 spiro atoms. The van der Waals surface area contributed by atoms with Crippen LogP contribution < -0.4 is 5.32 Å². The first-order valence-corrected chi connectivity index (χ1v) is 7.49. The lowest BCUT2D eigenvalue weighted by Crippen LogP contribution is -2.30. The molecular formula is C15H23BrFN. The molecule has 1 rings (SSSR count). The highest BCUT2D eigenvalue weighted by Gasteiger charge is 2.10. The normalized spacial score (nSPS) is 13.0. The summed E-state index contributed by atoms with van der Waals surface area (Å²) in [7, 11) is 0. The summed E-state index contributed by atoms with van der Waals surface area (Å²) >= 11 is 3.34. The van der Waals surface area contributed by atoms with Crippen molar-refractivity contribution in [3.8, 4) is 0 Å². The number of nitrogens with one attached hydrogen (secondary N) is 1. The molecule has 0 fully saturated rings. The fraction of sp³-hybridized carbons (Fsp3) is 0.600. The first-order chi connectivity index (χ1) is 8.51. The molecule has 0 saturated heterocycles. The van der Waals surface area contributed by atoms with Crippen LogP contribution in [-0.2, 0) is 6.42 Å². The average Bonchev–Trinajstić information content (AvgIpc) is 2.24. The second-order valence-electron chi connectivity index (χ2n) is 5.20. The second-order valence-corrected chi connectivity index (χ2v) is 6.12. The Morgan fingerprint density at radius 2 is 2.00 bits per heavy atom. The molecule has 0 aliphatic carbocycles. The molecule has 102 valence electrons. The Morgan fingerprint density at radius 1 is 1.28 bits per heavy atom. The van der Waals surface area contributed by atoms with Gasteiger partial charge < -0.3 is 5.32 Å². The highest BCUT2D eigenvalue weighted by Crippen LogP contribution is 2.18. The monoisotopic (exact) mass is 315 g/mol. The summed E-state index contributed by atoms with van der Waals surface area (Å²) in [6.07, 6.45) is 3.15. The number of hydrogen-bond donors (Lipinski definition) is 1. The predicted octanol–water partition coefficient (Wildman–Crippen LogP) is 4.55. The smallest absolute Gasteiger partial charge is 0.124 e. The topological polar surface area (TPSA) is 12.0 Å². The van der Waals surface area contributed by atoms with Crippen LogP contribution in [0.25, 0.3) is 0 Å². The lowest BCUT2D eigenvalue weighted by molar-refractivity contribution is 0.405. The van der Waals surface area contributed by atoms with E-state index in [0.717, 1.165) is 29.4 Å². The number of rotatable bonds is 7. The van der Waals surface area contributed by atoms with Gasteiger partial charge in [0.05, 0.1) is 0 Å². The Bertz CT molecular complexity index is 345. The van der Waals surface area contributed by atoms with E-state index in [1.807, 2.05) is 6.07 Å². The van der Waals surface area contributed by atoms with E-state index in [0.29, 0.717) is 12.0 Å². The van der Waals surface area contributed by atoms with Crippen LogP contribution in [0.4, 0.5) is 4.39 Å². The minimum atomic E-state index is -0.164. The third-order valence-corrected chi connectivity index (χ3v) is 3.41. The third-order valence-electron chi connectivity index (χ3n) is 2.95. The predicted molar refractivity (Wildman–Crippen MR) is 79.3 cm³/mol. The highest BCUT2D eigenvalue weighted by atomic mass is 79.9. The number of hydrogen-bond acceptors (Lipinski definition) is 1. The average molecular weight is 316 g/mol. The van der Waals surface area contributed by atoms with Crippen LogP contribution in [0.3, 0.4) is 0 Å². The van der Waals surface area contributed by atoms with Crippen LogP contribution in [0.1, 0.15) is 39.2 Å². The van der Waals surface area contributed by atoms with Gasteiger partial charge in [-0.05, 0) is 55.5 Å². The highest BCUT2D eigenvalue weighted by molar-refractivity contribution is 9.10. The molecule has 1 unspecified atom stereocenters. The standard InChI is InChI=1S/C15H23BrFN/c1-4-18-15(7-11(2)3)6-5-12-8-13(16)10-14(17)9-12/h8-11,15,18H,4-7H2,1-3H3. The van der Waals surface area contributed by atoms with Crippen LogP contribution in [0.2, 0.25) is 0 Å². The van der Waals surface area contributed by atoms with Crippen molar-refractivity contribution < 1.29 is 4.39 Å². The van der Waals surface area contributed by atoms with Crippen molar-refractivity contribution in [3.05, 3.63) is 34.1 Å². The van der Waals surface area contributed by atoms with Crippen LogP contribution in [0, 0.1) is 11.7 Å². The molecule has 0 amide bonds. The van der Waals surface area contributed by atoms with Crippen LogP contribution in [0.15, 0.2) is 22.7 Å².